The second kappa shape index (κ2) is 9.67. The molecule has 2 amide bonds. The molecule has 3 rings (SSSR count). The first-order valence-corrected chi connectivity index (χ1v) is 9.38. The van der Waals surface area contributed by atoms with Crippen LogP contribution in [0.5, 0.6) is 0 Å². The van der Waals surface area contributed by atoms with Gasteiger partial charge in [0.25, 0.3) is 0 Å². The number of amides is 2. The molecule has 0 bridgehead atoms. The van der Waals surface area contributed by atoms with Gasteiger partial charge >= 0.3 is 12.2 Å². The van der Waals surface area contributed by atoms with Crippen molar-refractivity contribution in [2.75, 3.05) is 5.32 Å². The molecule has 0 aliphatic carbocycles. The van der Waals surface area contributed by atoms with E-state index in [1.54, 1.807) is 0 Å². The van der Waals surface area contributed by atoms with Crippen molar-refractivity contribution in [3.8, 4) is 6.19 Å². The maximum atomic E-state index is 12.7. The Morgan fingerprint density at radius 2 is 1.32 bits per heavy atom. The van der Waals surface area contributed by atoms with Gasteiger partial charge in [0.1, 0.15) is 0 Å². The first-order valence-electron chi connectivity index (χ1n) is 9.38. The molecule has 31 heavy (non-hydrogen) atoms. The zero-order valence-electron chi connectivity index (χ0n) is 16.2. The number of hydrogen-bond donors (Lipinski definition) is 3. The molecule has 3 N–H and O–H groups in total. The van der Waals surface area contributed by atoms with Crippen molar-refractivity contribution in [1.29, 1.82) is 5.26 Å². The monoisotopic (exact) mass is 424 g/mol. The summed E-state index contributed by atoms with van der Waals surface area (Å²) in [5, 5.41) is 17.4. The summed E-state index contributed by atoms with van der Waals surface area (Å²) in [5.41, 5.74) is 0.944. The van der Waals surface area contributed by atoms with E-state index in [1.807, 2.05) is 66.9 Å². The highest BCUT2D eigenvalue weighted by Gasteiger charge is 2.30. The number of anilines is 1. The van der Waals surface area contributed by atoms with Crippen LogP contribution in [0.15, 0.2) is 84.9 Å². The predicted octanol–water partition coefficient (Wildman–Crippen LogP) is 5.38. The van der Waals surface area contributed by atoms with Gasteiger partial charge in [0.2, 0.25) is 0 Å². The Hall–Kier alpha value is -3.99. The van der Waals surface area contributed by atoms with E-state index in [-0.39, 0.29) is 5.69 Å². The van der Waals surface area contributed by atoms with Crippen molar-refractivity contribution in [3.63, 3.8) is 0 Å². The SMILES string of the molecule is N#CN[C@@H](c1ccccc1)[C@H](NC(=O)Nc1ccc(C(F)(F)F)cc1)c1ccccc1. The molecule has 5 nitrogen and oxygen atoms in total. The van der Waals surface area contributed by atoms with Gasteiger partial charge in [0, 0.05) is 5.69 Å². The fourth-order valence-corrected chi connectivity index (χ4v) is 3.16. The topological polar surface area (TPSA) is 77.0 Å². The van der Waals surface area contributed by atoms with E-state index in [1.165, 1.54) is 12.1 Å². The molecule has 0 saturated carbocycles. The molecule has 2 atom stereocenters. The fourth-order valence-electron chi connectivity index (χ4n) is 3.16. The zero-order valence-corrected chi connectivity index (χ0v) is 16.2. The van der Waals surface area contributed by atoms with E-state index in [4.69, 9.17) is 0 Å². The lowest BCUT2D eigenvalue weighted by atomic mass is 9.93. The van der Waals surface area contributed by atoms with Crippen molar-refractivity contribution in [2.45, 2.75) is 18.3 Å². The molecule has 158 valence electrons. The van der Waals surface area contributed by atoms with E-state index in [2.05, 4.69) is 16.0 Å². The van der Waals surface area contributed by atoms with Crippen molar-refractivity contribution in [2.24, 2.45) is 0 Å². The van der Waals surface area contributed by atoms with Gasteiger partial charge < -0.3 is 16.0 Å². The molecule has 0 aromatic heterocycles. The van der Waals surface area contributed by atoms with Crippen LogP contribution < -0.4 is 16.0 Å². The van der Waals surface area contributed by atoms with E-state index in [0.29, 0.717) is 0 Å². The third-order valence-corrected chi connectivity index (χ3v) is 4.63. The van der Waals surface area contributed by atoms with E-state index < -0.39 is 29.9 Å². The molecule has 3 aromatic carbocycles. The zero-order chi connectivity index (χ0) is 22.3. The fraction of sp³-hybridized carbons (Fsp3) is 0.130. The van der Waals surface area contributed by atoms with Gasteiger partial charge in [-0.15, -0.1) is 0 Å². The lowest BCUT2D eigenvalue weighted by Gasteiger charge is -2.28. The lowest BCUT2D eigenvalue weighted by Crippen LogP contribution is -2.39. The Bertz CT molecular complexity index is 1030. The molecule has 0 saturated heterocycles. The van der Waals surface area contributed by atoms with Crippen LogP contribution in [0, 0.1) is 11.5 Å². The molecule has 0 unspecified atom stereocenters. The predicted molar refractivity (Wildman–Crippen MR) is 111 cm³/mol. The summed E-state index contributed by atoms with van der Waals surface area (Å²) >= 11 is 0. The molecule has 0 radical (unpaired) electrons. The second-order valence-corrected chi connectivity index (χ2v) is 6.71. The van der Waals surface area contributed by atoms with Crippen LogP contribution in [0.4, 0.5) is 23.7 Å². The Morgan fingerprint density at radius 1 is 0.806 bits per heavy atom. The average Bonchev–Trinajstić information content (AvgIpc) is 2.77. The first kappa shape index (κ1) is 21.7. The summed E-state index contributed by atoms with van der Waals surface area (Å²) < 4.78 is 38.2. The second-order valence-electron chi connectivity index (χ2n) is 6.71. The van der Waals surface area contributed by atoms with Crippen LogP contribution in [0.3, 0.4) is 0 Å². The highest BCUT2D eigenvalue weighted by molar-refractivity contribution is 5.89. The highest BCUT2D eigenvalue weighted by Crippen LogP contribution is 2.31. The average molecular weight is 424 g/mol. The number of carbonyl (C=O) groups is 1. The minimum absolute atomic E-state index is 0.210. The Balaban J connectivity index is 1.83. The summed E-state index contributed by atoms with van der Waals surface area (Å²) in [7, 11) is 0. The largest absolute Gasteiger partial charge is 0.416 e. The van der Waals surface area contributed by atoms with Gasteiger partial charge in [-0.3, -0.25) is 0 Å². The summed E-state index contributed by atoms with van der Waals surface area (Å²) in [4.78, 5) is 12.7. The van der Waals surface area contributed by atoms with Crippen LogP contribution in [0.25, 0.3) is 0 Å². The van der Waals surface area contributed by atoms with E-state index in [0.717, 1.165) is 23.3 Å². The molecule has 0 aliphatic rings. The molecule has 8 heteroatoms. The van der Waals surface area contributed by atoms with Gasteiger partial charge in [0.05, 0.1) is 17.6 Å². The van der Waals surface area contributed by atoms with Crippen molar-refractivity contribution in [3.05, 3.63) is 102 Å². The maximum Gasteiger partial charge on any atom is 0.416 e. The third-order valence-electron chi connectivity index (χ3n) is 4.63. The molecular formula is C23H19F3N4O. The summed E-state index contributed by atoms with van der Waals surface area (Å²) in [6, 6.07) is 20.6. The number of nitriles is 1. The number of halogens is 3. The van der Waals surface area contributed by atoms with Crippen LogP contribution in [-0.2, 0) is 6.18 Å². The Morgan fingerprint density at radius 3 is 1.81 bits per heavy atom. The number of nitrogens with zero attached hydrogens (tertiary/aromatic N) is 1. The molecule has 3 aromatic rings. The Kier molecular flexibility index (Phi) is 6.78. The number of rotatable bonds is 6. The van der Waals surface area contributed by atoms with Crippen molar-refractivity contribution in [1.82, 2.24) is 10.6 Å². The van der Waals surface area contributed by atoms with Gasteiger partial charge in [-0.2, -0.15) is 18.4 Å². The molecule has 0 fully saturated rings. The number of urea groups is 1. The summed E-state index contributed by atoms with van der Waals surface area (Å²) in [6.07, 6.45) is -2.52. The molecular weight excluding hydrogens is 405 g/mol. The maximum absolute atomic E-state index is 12.7. The van der Waals surface area contributed by atoms with Gasteiger partial charge in [-0.25, -0.2) is 4.79 Å². The minimum Gasteiger partial charge on any atom is -0.329 e. The van der Waals surface area contributed by atoms with Gasteiger partial charge in [0.15, 0.2) is 6.19 Å². The third kappa shape index (κ3) is 5.76. The van der Waals surface area contributed by atoms with Crippen LogP contribution in [0.1, 0.15) is 28.8 Å². The van der Waals surface area contributed by atoms with Crippen LogP contribution in [0.2, 0.25) is 0 Å². The quantitative estimate of drug-likeness (QED) is 0.367. The first-order chi connectivity index (χ1) is 14.9. The molecule has 0 heterocycles. The van der Waals surface area contributed by atoms with Crippen LogP contribution >= 0.6 is 0 Å². The van der Waals surface area contributed by atoms with Gasteiger partial charge in [-0.05, 0) is 35.4 Å². The summed E-state index contributed by atoms with van der Waals surface area (Å²) in [6.45, 7) is 0. The van der Waals surface area contributed by atoms with Crippen molar-refractivity contribution < 1.29 is 18.0 Å². The smallest absolute Gasteiger partial charge is 0.329 e. The molecule has 0 aliphatic heterocycles. The number of benzene rings is 3. The van der Waals surface area contributed by atoms with Gasteiger partial charge in [-0.1, -0.05) is 60.7 Å². The minimum atomic E-state index is -4.45. The van der Waals surface area contributed by atoms with Crippen LogP contribution in [-0.4, -0.2) is 6.03 Å². The normalized spacial score (nSPS) is 12.8. The Labute approximate surface area is 177 Å². The lowest BCUT2D eigenvalue weighted by molar-refractivity contribution is -0.137. The number of alkyl halides is 3. The highest BCUT2D eigenvalue weighted by atomic mass is 19.4. The van der Waals surface area contributed by atoms with Crippen molar-refractivity contribution >= 4 is 11.7 Å². The number of nitrogens with one attached hydrogen (secondary N) is 3. The summed E-state index contributed by atoms with van der Waals surface area (Å²) in [5.74, 6) is 0. The molecule has 0 spiro atoms. The van der Waals surface area contributed by atoms with E-state index in [9.17, 15) is 23.2 Å². The number of hydrogen-bond acceptors (Lipinski definition) is 3. The number of carbonyl (C=O) groups excluding carboxylic acids is 1. The van der Waals surface area contributed by atoms with E-state index >= 15 is 0 Å². The standard InChI is InChI=1S/C23H19F3N4O/c24-23(25,26)18-11-13-19(14-12-18)29-22(31)30-21(17-9-5-2-6-10-17)20(28-15-27)16-7-3-1-4-8-16/h1-14,20-21,28H,(H2,29,30,31)/t20-,21+/m0/s1.